The Morgan fingerprint density at radius 1 is 0.829 bits per heavy atom. The number of carbonyl (C=O) groups excluding carboxylic acids is 2. The lowest BCUT2D eigenvalue weighted by Crippen LogP contribution is -2.36. The van der Waals surface area contributed by atoms with Crippen molar-refractivity contribution in [2.75, 3.05) is 18.5 Å². The van der Waals surface area contributed by atoms with Crippen LogP contribution in [0.3, 0.4) is 0 Å². The summed E-state index contributed by atoms with van der Waals surface area (Å²) in [5, 5.41) is 8.61. The summed E-state index contributed by atoms with van der Waals surface area (Å²) in [6, 6.07) is 23.3. The number of amides is 2. The molecule has 0 saturated heterocycles. The normalized spacial score (nSPS) is 11.1. The lowest BCUT2D eigenvalue weighted by molar-refractivity contribution is 0.0938. The van der Waals surface area contributed by atoms with Crippen LogP contribution in [0.1, 0.15) is 41.0 Å². The molecule has 0 aliphatic rings. The largest absolute Gasteiger partial charge is 0.490 e. The van der Waals surface area contributed by atoms with Gasteiger partial charge in [0.05, 0.1) is 16.8 Å². The standard InChI is InChI=1S/C27H29N3O4S/c1-3-19(2)28-25(31)21-13-7-9-15-23(21)29-27(35)30-26(32)22-14-8-10-16-24(22)34-18-17-33-20-11-5-4-6-12-20/h4-16,19H,3,17-18H2,1-2H3,(H,28,31)(H2,29,30,32,35). The van der Waals surface area contributed by atoms with Crippen LogP contribution in [0.25, 0.3) is 0 Å². The van der Waals surface area contributed by atoms with E-state index in [0.717, 1.165) is 12.2 Å². The summed E-state index contributed by atoms with van der Waals surface area (Å²) in [5.74, 6) is 0.520. The van der Waals surface area contributed by atoms with E-state index < -0.39 is 5.91 Å². The number of anilines is 1. The molecule has 8 heteroatoms. The third kappa shape index (κ3) is 7.82. The van der Waals surface area contributed by atoms with Crippen molar-refractivity contribution in [2.45, 2.75) is 26.3 Å². The van der Waals surface area contributed by atoms with Crippen LogP contribution in [0, 0.1) is 0 Å². The first kappa shape index (κ1) is 25.7. The molecule has 1 unspecified atom stereocenters. The molecule has 182 valence electrons. The maximum absolute atomic E-state index is 12.9. The van der Waals surface area contributed by atoms with E-state index in [1.165, 1.54) is 0 Å². The zero-order valence-electron chi connectivity index (χ0n) is 19.7. The fourth-order valence-corrected chi connectivity index (χ4v) is 3.33. The first-order valence-electron chi connectivity index (χ1n) is 11.4. The molecule has 2 amide bonds. The van der Waals surface area contributed by atoms with Gasteiger partial charge in [0.1, 0.15) is 24.7 Å². The Labute approximate surface area is 210 Å². The van der Waals surface area contributed by atoms with Gasteiger partial charge in [-0.05, 0) is 62.0 Å². The maximum atomic E-state index is 12.9. The lowest BCUT2D eigenvalue weighted by atomic mass is 10.1. The number of benzene rings is 3. The minimum atomic E-state index is -0.427. The molecule has 3 aromatic carbocycles. The Balaban J connectivity index is 1.58. The van der Waals surface area contributed by atoms with Crippen LogP contribution in [0.4, 0.5) is 5.69 Å². The molecule has 0 bridgehead atoms. The van der Waals surface area contributed by atoms with E-state index in [1.54, 1.807) is 48.5 Å². The van der Waals surface area contributed by atoms with Crippen molar-refractivity contribution in [2.24, 2.45) is 0 Å². The SMILES string of the molecule is CCC(C)NC(=O)c1ccccc1NC(=S)NC(=O)c1ccccc1OCCOc1ccccc1. The van der Waals surface area contributed by atoms with E-state index in [9.17, 15) is 9.59 Å². The molecule has 0 fully saturated rings. The predicted octanol–water partition coefficient (Wildman–Crippen LogP) is 4.80. The summed E-state index contributed by atoms with van der Waals surface area (Å²) < 4.78 is 11.4. The van der Waals surface area contributed by atoms with Crippen molar-refractivity contribution >= 4 is 34.8 Å². The second-order valence-corrected chi connectivity index (χ2v) is 8.15. The van der Waals surface area contributed by atoms with Gasteiger partial charge < -0.3 is 20.1 Å². The maximum Gasteiger partial charge on any atom is 0.261 e. The number of para-hydroxylation sites is 3. The Hall–Kier alpha value is -3.91. The molecule has 0 radical (unpaired) electrons. The van der Waals surface area contributed by atoms with Crippen molar-refractivity contribution in [3.63, 3.8) is 0 Å². The van der Waals surface area contributed by atoms with E-state index in [2.05, 4.69) is 16.0 Å². The predicted molar refractivity (Wildman–Crippen MR) is 141 cm³/mol. The van der Waals surface area contributed by atoms with Gasteiger partial charge in [-0.25, -0.2) is 0 Å². The third-order valence-corrected chi connectivity index (χ3v) is 5.33. The summed E-state index contributed by atoms with van der Waals surface area (Å²) in [4.78, 5) is 25.5. The van der Waals surface area contributed by atoms with Gasteiger partial charge in [0.25, 0.3) is 11.8 Å². The lowest BCUT2D eigenvalue weighted by Gasteiger charge is -2.16. The second kappa shape index (κ2) is 13.1. The average Bonchev–Trinajstić information content (AvgIpc) is 2.87. The van der Waals surface area contributed by atoms with Gasteiger partial charge >= 0.3 is 0 Å². The molecule has 0 saturated carbocycles. The molecule has 35 heavy (non-hydrogen) atoms. The molecule has 0 aliphatic carbocycles. The summed E-state index contributed by atoms with van der Waals surface area (Å²) in [5.41, 5.74) is 1.27. The summed E-state index contributed by atoms with van der Waals surface area (Å²) >= 11 is 5.34. The van der Waals surface area contributed by atoms with Crippen LogP contribution in [0.5, 0.6) is 11.5 Å². The molecule has 1 atom stereocenters. The number of thiocarbonyl (C=S) groups is 1. The van der Waals surface area contributed by atoms with Crippen molar-refractivity contribution in [1.29, 1.82) is 0 Å². The van der Waals surface area contributed by atoms with Gasteiger partial charge in [-0.1, -0.05) is 49.4 Å². The Morgan fingerprint density at radius 2 is 1.46 bits per heavy atom. The van der Waals surface area contributed by atoms with Crippen molar-refractivity contribution in [3.8, 4) is 11.5 Å². The molecular weight excluding hydrogens is 462 g/mol. The highest BCUT2D eigenvalue weighted by Crippen LogP contribution is 2.19. The average molecular weight is 492 g/mol. The molecular formula is C27H29N3O4S. The highest BCUT2D eigenvalue weighted by atomic mass is 32.1. The van der Waals surface area contributed by atoms with Gasteiger partial charge in [-0.2, -0.15) is 0 Å². The van der Waals surface area contributed by atoms with E-state index in [-0.39, 0.29) is 23.7 Å². The zero-order chi connectivity index (χ0) is 25.0. The zero-order valence-corrected chi connectivity index (χ0v) is 20.6. The van der Waals surface area contributed by atoms with Crippen molar-refractivity contribution < 1.29 is 19.1 Å². The highest BCUT2D eigenvalue weighted by Gasteiger charge is 2.16. The Bertz CT molecular complexity index is 1150. The number of hydrogen-bond donors (Lipinski definition) is 3. The highest BCUT2D eigenvalue weighted by molar-refractivity contribution is 7.80. The molecule has 0 aromatic heterocycles. The topological polar surface area (TPSA) is 88.7 Å². The number of ether oxygens (including phenoxy) is 2. The van der Waals surface area contributed by atoms with Crippen LogP contribution >= 0.6 is 12.2 Å². The van der Waals surface area contributed by atoms with Crippen LogP contribution < -0.4 is 25.4 Å². The monoisotopic (exact) mass is 491 g/mol. The van der Waals surface area contributed by atoms with Crippen LogP contribution in [0.2, 0.25) is 0 Å². The molecule has 3 N–H and O–H groups in total. The van der Waals surface area contributed by atoms with E-state index >= 15 is 0 Å². The number of carbonyl (C=O) groups is 2. The number of nitrogens with one attached hydrogen (secondary N) is 3. The summed E-state index contributed by atoms with van der Waals surface area (Å²) in [6.45, 7) is 4.53. The minimum absolute atomic E-state index is 0.0387. The van der Waals surface area contributed by atoms with Crippen LogP contribution in [-0.2, 0) is 0 Å². The van der Waals surface area contributed by atoms with Gasteiger partial charge in [0, 0.05) is 6.04 Å². The van der Waals surface area contributed by atoms with Gasteiger partial charge in [-0.15, -0.1) is 0 Å². The van der Waals surface area contributed by atoms with Crippen molar-refractivity contribution in [1.82, 2.24) is 10.6 Å². The Kier molecular flexibility index (Phi) is 9.62. The summed E-state index contributed by atoms with van der Waals surface area (Å²) in [7, 11) is 0. The van der Waals surface area contributed by atoms with Crippen LogP contribution in [0.15, 0.2) is 78.9 Å². The smallest absolute Gasteiger partial charge is 0.261 e. The first-order chi connectivity index (χ1) is 17.0. The molecule has 0 spiro atoms. The fourth-order valence-electron chi connectivity index (χ4n) is 3.13. The molecule has 7 nitrogen and oxygen atoms in total. The van der Waals surface area contributed by atoms with Gasteiger partial charge in [0.15, 0.2) is 5.11 Å². The molecule has 3 rings (SSSR count). The van der Waals surface area contributed by atoms with E-state index in [0.29, 0.717) is 29.2 Å². The third-order valence-electron chi connectivity index (χ3n) is 5.12. The van der Waals surface area contributed by atoms with E-state index in [4.69, 9.17) is 21.7 Å². The molecule has 3 aromatic rings. The van der Waals surface area contributed by atoms with Crippen molar-refractivity contribution in [3.05, 3.63) is 90.0 Å². The van der Waals surface area contributed by atoms with Gasteiger partial charge in [-0.3, -0.25) is 14.9 Å². The minimum Gasteiger partial charge on any atom is -0.490 e. The summed E-state index contributed by atoms with van der Waals surface area (Å²) in [6.07, 6.45) is 0.815. The first-order valence-corrected chi connectivity index (χ1v) is 11.8. The van der Waals surface area contributed by atoms with Gasteiger partial charge in [0.2, 0.25) is 0 Å². The van der Waals surface area contributed by atoms with Crippen LogP contribution in [-0.4, -0.2) is 36.2 Å². The molecule has 0 aliphatic heterocycles. The quantitative estimate of drug-likeness (QED) is 0.279. The number of hydrogen-bond acceptors (Lipinski definition) is 5. The number of rotatable bonds is 10. The van der Waals surface area contributed by atoms with E-state index in [1.807, 2.05) is 44.2 Å². The fraction of sp³-hybridized carbons (Fsp3) is 0.222. The Morgan fingerprint density at radius 3 is 2.20 bits per heavy atom. The molecule has 0 heterocycles. The second-order valence-electron chi connectivity index (χ2n) is 7.74.